The molecule has 31 heavy (non-hydrogen) atoms. The summed E-state index contributed by atoms with van der Waals surface area (Å²) >= 11 is 0. The largest absolute Gasteiger partial charge is 0.411 e. The Balaban J connectivity index is 0.00000480. The predicted molar refractivity (Wildman–Crippen MR) is 127 cm³/mol. The zero-order chi connectivity index (χ0) is 21.8. The predicted octanol–water partition coefficient (Wildman–Crippen LogP) is 3.41. The first kappa shape index (κ1) is 27.9. The Kier molecular flexibility index (Phi) is 13.4. The second-order valence-corrected chi connectivity index (χ2v) is 7.51. The number of likely N-dealkylation sites (tertiary alicyclic amines) is 1. The molecule has 0 atom stereocenters. The number of ether oxygens (including phenoxy) is 2. The van der Waals surface area contributed by atoms with Gasteiger partial charge in [-0.3, -0.25) is 4.99 Å². The Morgan fingerprint density at radius 3 is 2.35 bits per heavy atom. The van der Waals surface area contributed by atoms with E-state index in [1.807, 2.05) is 12.1 Å². The minimum Gasteiger partial charge on any atom is -0.383 e. The van der Waals surface area contributed by atoms with Crippen molar-refractivity contribution in [2.75, 3.05) is 53.6 Å². The maximum absolute atomic E-state index is 12.1. The van der Waals surface area contributed by atoms with Crippen molar-refractivity contribution < 1.29 is 22.6 Å². The Hall–Kier alpha value is -1.11. The lowest BCUT2D eigenvalue weighted by atomic mass is 9.97. The number of hydrogen-bond acceptors (Lipinski definition) is 4. The van der Waals surface area contributed by atoms with Crippen molar-refractivity contribution in [3.8, 4) is 0 Å². The highest BCUT2D eigenvalue weighted by molar-refractivity contribution is 14.0. The van der Waals surface area contributed by atoms with E-state index in [0.717, 1.165) is 57.2 Å². The number of methoxy groups -OCH3 is 1. The van der Waals surface area contributed by atoms with Crippen LogP contribution in [-0.4, -0.2) is 70.6 Å². The molecule has 2 N–H and O–H groups in total. The number of piperidine rings is 1. The van der Waals surface area contributed by atoms with Gasteiger partial charge in [-0.25, -0.2) is 0 Å². The summed E-state index contributed by atoms with van der Waals surface area (Å²) < 4.78 is 46.2. The summed E-state index contributed by atoms with van der Waals surface area (Å²) in [5.41, 5.74) is 1.73. The molecule has 6 nitrogen and oxygen atoms in total. The average molecular weight is 558 g/mol. The number of nitrogens with zero attached hydrogens (tertiary/aromatic N) is 2. The van der Waals surface area contributed by atoms with Crippen LogP contribution in [0.1, 0.15) is 24.0 Å². The number of benzene rings is 1. The van der Waals surface area contributed by atoms with Gasteiger partial charge in [-0.1, -0.05) is 24.3 Å². The van der Waals surface area contributed by atoms with Crippen LogP contribution in [0.3, 0.4) is 0 Å². The minimum atomic E-state index is -4.30. The molecule has 2 rings (SSSR count). The van der Waals surface area contributed by atoms with Crippen LogP contribution in [0, 0.1) is 5.92 Å². The number of nitrogens with one attached hydrogen (secondary N) is 2. The van der Waals surface area contributed by atoms with Gasteiger partial charge in [0.05, 0.1) is 13.2 Å². The molecular formula is C21H34F3IN4O2. The van der Waals surface area contributed by atoms with Gasteiger partial charge in [-0.15, -0.1) is 24.0 Å². The standard InChI is InChI=1S/C21H33F3N4O2.HI/c1-25-20(27-14-18-7-9-28(10-8-18)11-12-29-2)26-13-17-3-5-19(6-4-17)15-30-16-21(22,23)24;/h3-6,18H,7-16H2,1-2H3,(H2,25,26,27);1H. The second kappa shape index (κ2) is 14.9. The van der Waals surface area contributed by atoms with Gasteiger partial charge in [-0.2, -0.15) is 13.2 Å². The molecule has 1 aliphatic rings. The Morgan fingerprint density at radius 2 is 1.77 bits per heavy atom. The van der Waals surface area contributed by atoms with E-state index >= 15 is 0 Å². The first-order chi connectivity index (χ1) is 14.4. The minimum absolute atomic E-state index is 0. The molecule has 0 unspecified atom stereocenters. The van der Waals surface area contributed by atoms with Crippen LogP contribution in [-0.2, 0) is 22.6 Å². The first-order valence-electron chi connectivity index (χ1n) is 10.3. The molecular weight excluding hydrogens is 524 g/mol. The summed E-state index contributed by atoms with van der Waals surface area (Å²) in [7, 11) is 3.47. The Bertz CT molecular complexity index is 637. The van der Waals surface area contributed by atoms with E-state index in [1.165, 1.54) is 0 Å². The van der Waals surface area contributed by atoms with E-state index in [2.05, 4.69) is 25.3 Å². The first-order valence-corrected chi connectivity index (χ1v) is 10.3. The number of rotatable bonds is 10. The molecule has 0 saturated carbocycles. The van der Waals surface area contributed by atoms with Gasteiger partial charge in [-0.05, 0) is 43.0 Å². The van der Waals surface area contributed by atoms with Gasteiger partial charge in [0.2, 0.25) is 0 Å². The van der Waals surface area contributed by atoms with E-state index in [0.29, 0.717) is 18.0 Å². The van der Waals surface area contributed by atoms with Crippen LogP contribution in [0.5, 0.6) is 0 Å². The summed E-state index contributed by atoms with van der Waals surface area (Å²) in [5, 5.41) is 6.67. The third-order valence-corrected chi connectivity index (χ3v) is 5.12. The molecule has 0 bridgehead atoms. The topological polar surface area (TPSA) is 58.1 Å². The lowest BCUT2D eigenvalue weighted by Crippen LogP contribution is -2.43. The Labute approximate surface area is 200 Å². The normalized spacial score (nSPS) is 16.1. The molecule has 0 radical (unpaired) electrons. The molecule has 0 aromatic heterocycles. The fourth-order valence-corrected chi connectivity index (χ4v) is 3.32. The van der Waals surface area contributed by atoms with E-state index in [1.54, 1.807) is 26.3 Å². The smallest absolute Gasteiger partial charge is 0.383 e. The quantitative estimate of drug-likeness (QED) is 0.262. The number of hydrogen-bond donors (Lipinski definition) is 2. The maximum Gasteiger partial charge on any atom is 0.411 e. The molecule has 0 spiro atoms. The maximum atomic E-state index is 12.1. The van der Waals surface area contributed by atoms with Crippen molar-refractivity contribution in [2.24, 2.45) is 10.9 Å². The van der Waals surface area contributed by atoms with Crippen LogP contribution < -0.4 is 10.6 Å². The lowest BCUT2D eigenvalue weighted by Gasteiger charge is -2.32. The van der Waals surface area contributed by atoms with Crippen LogP contribution in [0.25, 0.3) is 0 Å². The van der Waals surface area contributed by atoms with E-state index in [4.69, 9.17) is 4.74 Å². The highest BCUT2D eigenvalue weighted by atomic mass is 127. The van der Waals surface area contributed by atoms with Gasteiger partial charge in [0.1, 0.15) is 6.61 Å². The average Bonchev–Trinajstić information content (AvgIpc) is 2.73. The molecule has 0 aliphatic carbocycles. The van der Waals surface area contributed by atoms with Crippen LogP contribution in [0.2, 0.25) is 0 Å². The van der Waals surface area contributed by atoms with Crippen molar-refractivity contribution in [3.63, 3.8) is 0 Å². The zero-order valence-corrected chi connectivity index (χ0v) is 20.5. The molecule has 1 aromatic rings. The highest BCUT2D eigenvalue weighted by Crippen LogP contribution is 2.17. The zero-order valence-electron chi connectivity index (χ0n) is 18.2. The van der Waals surface area contributed by atoms with Crippen molar-refractivity contribution in [1.82, 2.24) is 15.5 Å². The molecule has 178 valence electrons. The highest BCUT2D eigenvalue weighted by Gasteiger charge is 2.27. The summed E-state index contributed by atoms with van der Waals surface area (Å²) in [6, 6.07) is 7.31. The fraction of sp³-hybridized carbons (Fsp3) is 0.667. The third-order valence-electron chi connectivity index (χ3n) is 5.12. The van der Waals surface area contributed by atoms with E-state index in [-0.39, 0.29) is 30.6 Å². The molecule has 1 aromatic carbocycles. The summed E-state index contributed by atoms with van der Waals surface area (Å²) in [6.45, 7) is 4.15. The number of aliphatic imine (C=N–C) groups is 1. The van der Waals surface area contributed by atoms with Crippen molar-refractivity contribution in [2.45, 2.75) is 32.2 Å². The fourth-order valence-electron chi connectivity index (χ4n) is 3.32. The molecule has 10 heteroatoms. The number of guanidine groups is 1. The third kappa shape index (κ3) is 11.9. The van der Waals surface area contributed by atoms with E-state index < -0.39 is 12.8 Å². The molecule has 1 saturated heterocycles. The van der Waals surface area contributed by atoms with Crippen LogP contribution in [0.15, 0.2) is 29.3 Å². The van der Waals surface area contributed by atoms with Crippen molar-refractivity contribution in [1.29, 1.82) is 0 Å². The second-order valence-electron chi connectivity index (χ2n) is 7.51. The van der Waals surface area contributed by atoms with Gasteiger partial charge < -0.3 is 25.0 Å². The lowest BCUT2D eigenvalue weighted by molar-refractivity contribution is -0.176. The molecule has 1 aliphatic heterocycles. The number of alkyl halides is 3. The van der Waals surface area contributed by atoms with Gasteiger partial charge in [0.15, 0.2) is 5.96 Å². The van der Waals surface area contributed by atoms with Gasteiger partial charge in [0.25, 0.3) is 0 Å². The Morgan fingerprint density at radius 1 is 1.13 bits per heavy atom. The monoisotopic (exact) mass is 558 g/mol. The summed E-state index contributed by atoms with van der Waals surface area (Å²) in [6.07, 6.45) is -1.98. The molecule has 0 amide bonds. The molecule has 1 fully saturated rings. The number of halogens is 4. The van der Waals surface area contributed by atoms with E-state index in [9.17, 15) is 13.2 Å². The van der Waals surface area contributed by atoms with Crippen LogP contribution >= 0.6 is 24.0 Å². The molecule has 1 heterocycles. The summed E-state index contributed by atoms with van der Waals surface area (Å²) in [5.74, 6) is 1.37. The van der Waals surface area contributed by atoms with Crippen molar-refractivity contribution in [3.05, 3.63) is 35.4 Å². The van der Waals surface area contributed by atoms with Gasteiger partial charge in [0, 0.05) is 33.8 Å². The van der Waals surface area contributed by atoms with Crippen LogP contribution in [0.4, 0.5) is 13.2 Å². The van der Waals surface area contributed by atoms with Crippen molar-refractivity contribution >= 4 is 29.9 Å². The van der Waals surface area contributed by atoms with Gasteiger partial charge >= 0.3 is 6.18 Å². The SMILES string of the molecule is CN=C(NCc1ccc(COCC(F)(F)F)cc1)NCC1CCN(CCOC)CC1.I. The summed E-state index contributed by atoms with van der Waals surface area (Å²) in [4.78, 5) is 6.70.